The zero-order valence-corrected chi connectivity index (χ0v) is 24.1. The minimum Gasteiger partial charge on any atom is -0.508 e. The van der Waals surface area contributed by atoms with Crippen molar-refractivity contribution >= 4 is 29.3 Å². The molecular weight excluding hydrogens is 542 g/mol. The molecule has 218 valence electrons. The molecule has 7 rings (SSSR count). The molecule has 8 heteroatoms. The first kappa shape index (κ1) is 27.1. The summed E-state index contributed by atoms with van der Waals surface area (Å²) in [5.74, 6) is -4.31. The number of aryl methyl sites for hydroxylation is 1. The van der Waals surface area contributed by atoms with E-state index in [-0.39, 0.29) is 29.9 Å². The second kappa shape index (κ2) is 9.93. The summed E-state index contributed by atoms with van der Waals surface area (Å²) in [7, 11) is 0. The number of rotatable bonds is 5. The molecule has 4 amide bonds. The number of hydrazine groups is 1. The van der Waals surface area contributed by atoms with Crippen molar-refractivity contribution in [3.8, 4) is 5.75 Å². The molecular formula is C35H33N3O5. The van der Waals surface area contributed by atoms with Gasteiger partial charge in [0.25, 0.3) is 11.8 Å². The molecule has 3 aromatic rings. The highest BCUT2D eigenvalue weighted by Crippen LogP contribution is 2.64. The number of aromatic hydroxyl groups is 1. The van der Waals surface area contributed by atoms with Crippen LogP contribution >= 0.6 is 0 Å². The molecule has 2 saturated heterocycles. The number of nitrogens with zero attached hydrogens (tertiary/aromatic N) is 2. The number of nitrogens with one attached hydrogen (secondary N) is 1. The fourth-order valence-electron chi connectivity index (χ4n) is 8.20. The molecule has 0 radical (unpaired) electrons. The van der Waals surface area contributed by atoms with Crippen molar-refractivity contribution in [2.45, 2.75) is 38.0 Å². The summed E-state index contributed by atoms with van der Waals surface area (Å²) < 4.78 is 0. The molecule has 1 saturated carbocycles. The van der Waals surface area contributed by atoms with Gasteiger partial charge in [-0.05, 0) is 56.4 Å². The van der Waals surface area contributed by atoms with Crippen LogP contribution in [0.4, 0.5) is 5.69 Å². The molecule has 4 aliphatic rings. The number of hydrogen-bond acceptors (Lipinski definition) is 6. The summed E-state index contributed by atoms with van der Waals surface area (Å²) in [4.78, 5) is 57.8. The second-order valence-electron chi connectivity index (χ2n) is 12.1. The van der Waals surface area contributed by atoms with Crippen LogP contribution in [0.1, 0.15) is 42.4 Å². The Morgan fingerprint density at radius 1 is 0.860 bits per heavy atom. The van der Waals surface area contributed by atoms with E-state index in [0.717, 1.165) is 16.1 Å². The monoisotopic (exact) mass is 575 g/mol. The van der Waals surface area contributed by atoms with E-state index in [2.05, 4.69) is 5.43 Å². The lowest BCUT2D eigenvalue weighted by atomic mass is 9.49. The van der Waals surface area contributed by atoms with Crippen molar-refractivity contribution in [3.63, 3.8) is 0 Å². The average molecular weight is 576 g/mol. The number of fused-ring (bicyclic) bond motifs is 4. The van der Waals surface area contributed by atoms with Crippen LogP contribution in [-0.2, 0) is 24.6 Å². The van der Waals surface area contributed by atoms with Crippen LogP contribution in [0, 0.1) is 30.6 Å². The van der Waals surface area contributed by atoms with Crippen molar-refractivity contribution in [3.05, 3.63) is 107 Å². The summed E-state index contributed by atoms with van der Waals surface area (Å²) in [5, 5.41) is 12.4. The molecule has 3 aromatic carbocycles. The predicted molar refractivity (Wildman–Crippen MR) is 159 cm³/mol. The number of allylic oxidation sites excluding steroid dienone is 2. The van der Waals surface area contributed by atoms with Crippen LogP contribution < -0.4 is 5.43 Å². The summed E-state index contributed by atoms with van der Waals surface area (Å²) in [6, 6.07) is 23.7. The molecule has 2 aliphatic carbocycles. The zero-order valence-electron chi connectivity index (χ0n) is 24.1. The maximum atomic E-state index is 15.0. The number of hydrogen-bond donors (Lipinski definition) is 2. The predicted octanol–water partition coefficient (Wildman–Crippen LogP) is 4.71. The lowest BCUT2D eigenvalue weighted by Crippen LogP contribution is -2.53. The SMILES string of the molecule is CCN1C(=O)[C@H]2[C@H](CC=C3[C@H]2C[C@H]2C(=O)N(Nc4ccc(C)cc4)C(=O)[C@@]2(c2ccccc2)[C@H]3c2ccccc2O)C1=O. The van der Waals surface area contributed by atoms with Gasteiger partial charge in [-0.25, -0.2) is 0 Å². The largest absolute Gasteiger partial charge is 0.508 e. The van der Waals surface area contributed by atoms with Crippen LogP contribution in [0.5, 0.6) is 5.75 Å². The Balaban J connectivity index is 1.46. The van der Waals surface area contributed by atoms with Gasteiger partial charge in [0.1, 0.15) is 5.75 Å². The Bertz CT molecular complexity index is 1680. The van der Waals surface area contributed by atoms with Gasteiger partial charge >= 0.3 is 0 Å². The van der Waals surface area contributed by atoms with Crippen molar-refractivity contribution in [1.82, 2.24) is 9.91 Å². The number of carbonyl (C=O) groups excluding carboxylic acids is 4. The quantitative estimate of drug-likeness (QED) is 0.337. The highest BCUT2D eigenvalue weighted by Gasteiger charge is 2.70. The molecule has 0 bridgehead atoms. The van der Waals surface area contributed by atoms with E-state index in [1.54, 1.807) is 25.1 Å². The first-order valence-corrected chi connectivity index (χ1v) is 14.9. The normalized spacial score (nSPS) is 29.7. The third kappa shape index (κ3) is 3.75. The van der Waals surface area contributed by atoms with Gasteiger partial charge in [0.15, 0.2) is 0 Å². The molecule has 0 spiro atoms. The fourth-order valence-corrected chi connectivity index (χ4v) is 8.20. The van der Waals surface area contributed by atoms with E-state index in [0.29, 0.717) is 29.8 Å². The van der Waals surface area contributed by atoms with Crippen molar-refractivity contribution in [2.75, 3.05) is 12.0 Å². The number of carbonyl (C=O) groups is 4. The van der Waals surface area contributed by atoms with Crippen molar-refractivity contribution < 1.29 is 24.3 Å². The Labute approximate surface area is 250 Å². The highest BCUT2D eigenvalue weighted by atomic mass is 16.3. The smallest absolute Gasteiger partial charge is 0.260 e. The Kier molecular flexibility index (Phi) is 6.27. The molecule has 0 aromatic heterocycles. The average Bonchev–Trinajstić information content (AvgIpc) is 3.39. The minimum atomic E-state index is -1.39. The third-order valence-electron chi connectivity index (χ3n) is 10.0. The number of phenols is 1. The van der Waals surface area contributed by atoms with Crippen molar-refractivity contribution in [2.24, 2.45) is 23.7 Å². The standard InChI is InChI=1S/C35H33N3O5/c1-3-37-31(40)25-18-17-23-26(29(25)33(37)42)19-27-32(41)38(36-22-15-13-20(2)14-16-22)34(43)35(27,21-9-5-4-6-10-21)30(23)24-11-7-8-12-28(24)39/h4-17,25-27,29-30,36,39H,3,18-19H2,1-2H3/t25-,26+,27-,29-,30+,35+/m0/s1. The number of para-hydroxylation sites is 1. The van der Waals surface area contributed by atoms with E-state index >= 15 is 0 Å². The van der Waals surface area contributed by atoms with Crippen LogP contribution in [0.25, 0.3) is 0 Å². The van der Waals surface area contributed by atoms with E-state index in [1.807, 2.05) is 73.7 Å². The Morgan fingerprint density at radius 2 is 1.56 bits per heavy atom. The van der Waals surface area contributed by atoms with Crippen LogP contribution in [0.3, 0.4) is 0 Å². The topological polar surface area (TPSA) is 107 Å². The van der Waals surface area contributed by atoms with E-state index in [4.69, 9.17) is 0 Å². The molecule has 43 heavy (non-hydrogen) atoms. The molecule has 2 heterocycles. The molecule has 0 unspecified atom stereocenters. The van der Waals surface area contributed by atoms with Crippen LogP contribution in [-0.4, -0.2) is 45.2 Å². The van der Waals surface area contributed by atoms with E-state index in [9.17, 15) is 24.3 Å². The third-order valence-corrected chi connectivity index (χ3v) is 10.0. The van der Waals surface area contributed by atoms with Crippen LogP contribution in [0.2, 0.25) is 0 Å². The Hall–Kier alpha value is -4.72. The van der Waals surface area contributed by atoms with Gasteiger partial charge in [-0.1, -0.05) is 77.9 Å². The molecule has 2 aliphatic heterocycles. The first-order valence-electron chi connectivity index (χ1n) is 14.9. The van der Waals surface area contributed by atoms with Gasteiger partial charge in [-0.2, -0.15) is 5.01 Å². The lowest BCUT2D eigenvalue weighted by Gasteiger charge is -2.50. The van der Waals surface area contributed by atoms with Crippen molar-refractivity contribution in [1.29, 1.82) is 0 Å². The minimum absolute atomic E-state index is 0.0134. The number of likely N-dealkylation sites (tertiary alicyclic amines) is 1. The van der Waals surface area contributed by atoms with E-state index in [1.165, 1.54) is 4.90 Å². The van der Waals surface area contributed by atoms with Gasteiger partial charge < -0.3 is 5.11 Å². The maximum absolute atomic E-state index is 15.0. The highest BCUT2D eigenvalue weighted by molar-refractivity contribution is 6.13. The zero-order chi connectivity index (χ0) is 30.0. The van der Waals surface area contributed by atoms with E-state index < -0.39 is 40.9 Å². The summed E-state index contributed by atoms with van der Waals surface area (Å²) in [5.41, 5.74) is 5.37. The second-order valence-corrected chi connectivity index (χ2v) is 12.1. The molecule has 6 atom stereocenters. The van der Waals surface area contributed by atoms with Gasteiger partial charge in [0, 0.05) is 18.0 Å². The summed E-state index contributed by atoms with van der Waals surface area (Å²) in [6.45, 7) is 4.04. The molecule has 8 nitrogen and oxygen atoms in total. The van der Waals surface area contributed by atoms with Gasteiger partial charge in [-0.3, -0.25) is 29.5 Å². The summed E-state index contributed by atoms with van der Waals surface area (Å²) >= 11 is 0. The Morgan fingerprint density at radius 3 is 2.26 bits per heavy atom. The number of amides is 4. The van der Waals surface area contributed by atoms with Gasteiger partial charge in [-0.15, -0.1) is 0 Å². The fraction of sp³-hybridized carbons (Fsp3) is 0.314. The molecule has 3 fully saturated rings. The van der Waals surface area contributed by atoms with Gasteiger partial charge in [0.2, 0.25) is 11.8 Å². The van der Waals surface area contributed by atoms with Gasteiger partial charge in [0.05, 0.1) is 28.9 Å². The maximum Gasteiger partial charge on any atom is 0.260 e. The number of imide groups is 2. The van der Waals surface area contributed by atoms with Crippen LogP contribution in [0.15, 0.2) is 90.5 Å². The number of anilines is 1. The first-order chi connectivity index (χ1) is 20.8. The molecule has 2 N–H and O–H groups in total. The number of phenolic OH excluding ortho intramolecular Hbond substituents is 1. The lowest BCUT2D eigenvalue weighted by molar-refractivity contribution is -0.141. The summed E-state index contributed by atoms with van der Waals surface area (Å²) in [6.07, 6.45) is 2.60. The number of benzene rings is 3.